The molecule has 26 heavy (non-hydrogen) atoms. The summed E-state index contributed by atoms with van der Waals surface area (Å²) in [6.45, 7) is -1.27. The smallest absolute Gasteiger partial charge is 0.465 e. The molecule has 0 radical (unpaired) electrons. The van der Waals surface area contributed by atoms with Gasteiger partial charge in [0.15, 0.2) is 0 Å². The van der Waals surface area contributed by atoms with Crippen molar-refractivity contribution in [2.45, 2.75) is 12.8 Å². The molecule has 0 saturated carbocycles. The number of alkyl halides is 3. The molecule has 1 atom stereocenters. The van der Waals surface area contributed by atoms with Crippen LogP contribution in [0.1, 0.15) is 15.9 Å². The number of phosphoric acid groups is 1. The molecule has 1 rings (SSSR count). The lowest BCUT2D eigenvalue weighted by atomic mass is 10.1. The average Bonchev–Trinajstić information content (AvgIpc) is 2.62. The highest BCUT2D eigenvalue weighted by molar-refractivity contribution is 7.48. The standard InChI is InChI=1S/C14H17F3NO7P/c1-22-12(19)11-5-3-10(4-6-11)9-25-26(21,23-2)24-8-7-18-13(20)14(15,16)17/h3-6H,7-9H2,1-2H3,(H,18,20). The van der Waals surface area contributed by atoms with Gasteiger partial charge < -0.3 is 10.1 Å². The first-order chi connectivity index (χ1) is 12.1. The minimum atomic E-state index is -5.02. The first-order valence-corrected chi connectivity index (χ1v) is 8.54. The molecule has 0 aromatic heterocycles. The number of ether oxygens (including phenoxy) is 1. The van der Waals surface area contributed by atoms with Crippen LogP contribution in [0.4, 0.5) is 13.2 Å². The van der Waals surface area contributed by atoms with Gasteiger partial charge in [0.1, 0.15) is 0 Å². The van der Waals surface area contributed by atoms with E-state index in [0.29, 0.717) is 11.1 Å². The number of benzene rings is 1. The number of amides is 1. The average molecular weight is 399 g/mol. The summed E-state index contributed by atoms with van der Waals surface area (Å²) in [6, 6.07) is 5.98. The zero-order valence-electron chi connectivity index (χ0n) is 13.9. The Hall–Kier alpha value is -1.94. The number of hydrogen-bond donors (Lipinski definition) is 1. The molecule has 1 aromatic rings. The topological polar surface area (TPSA) is 100 Å². The third kappa shape index (κ3) is 7.12. The first kappa shape index (κ1) is 22.1. The summed E-state index contributed by atoms with van der Waals surface area (Å²) in [5.41, 5.74) is 0.840. The Morgan fingerprint density at radius 2 is 1.73 bits per heavy atom. The maximum atomic E-state index is 12.1. The molecular weight excluding hydrogens is 382 g/mol. The molecule has 12 heteroatoms. The highest BCUT2D eigenvalue weighted by atomic mass is 31.2. The molecule has 0 saturated heterocycles. The lowest BCUT2D eigenvalue weighted by Gasteiger charge is -2.16. The summed E-state index contributed by atoms with van der Waals surface area (Å²) in [7, 11) is -1.75. The molecule has 0 spiro atoms. The van der Waals surface area contributed by atoms with Crippen LogP contribution in [0.3, 0.4) is 0 Å². The first-order valence-electron chi connectivity index (χ1n) is 7.08. The molecule has 1 N–H and O–H groups in total. The molecule has 0 heterocycles. The minimum Gasteiger partial charge on any atom is -0.465 e. The highest BCUT2D eigenvalue weighted by Crippen LogP contribution is 2.49. The van der Waals surface area contributed by atoms with Crippen LogP contribution in [0, 0.1) is 0 Å². The van der Waals surface area contributed by atoms with Gasteiger partial charge in [-0.05, 0) is 17.7 Å². The Bertz CT molecular complexity index is 663. The second kappa shape index (κ2) is 9.67. The molecule has 1 aromatic carbocycles. The van der Waals surface area contributed by atoms with Crippen LogP contribution in [-0.2, 0) is 34.3 Å². The van der Waals surface area contributed by atoms with Crippen molar-refractivity contribution in [3.05, 3.63) is 35.4 Å². The normalized spacial score (nSPS) is 13.7. The number of halogens is 3. The predicted octanol–water partition coefficient (Wildman–Crippen LogP) is 2.44. The Labute approximate surface area is 147 Å². The van der Waals surface area contributed by atoms with Gasteiger partial charge in [0, 0.05) is 13.7 Å². The number of methoxy groups -OCH3 is 1. The fourth-order valence-corrected chi connectivity index (χ4v) is 2.48. The van der Waals surface area contributed by atoms with E-state index >= 15 is 0 Å². The van der Waals surface area contributed by atoms with Gasteiger partial charge in [0.25, 0.3) is 0 Å². The van der Waals surface area contributed by atoms with Crippen molar-refractivity contribution >= 4 is 19.7 Å². The van der Waals surface area contributed by atoms with Crippen molar-refractivity contribution in [2.24, 2.45) is 0 Å². The fourth-order valence-electron chi connectivity index (χ4n) is 1.57. The number of rotatable bonds is 9. The van der Waals surface area contributed by atoms with Gasteiger partial charge in [-0.25, -0.2) is 9.36 Å². The third-order valence-corrected chi connectivity index (χ3v) is 4.27. The van der Waals surface area contributed by atoms with Crippen LogP contribution in [0.2, 0.25) is 0 Å². The second-order valence-corrected chi connectivity index (χ2v) is 6.45. The SMILES string of the molecule is COC(=O)c1ccc(COP(=O)(OC)OCCNC(=O)C(F)(F)F)cc1. The summed E-state index contributed by atoms with van der Waals surface area (Å²) >= 11 is 0. The van der Waals surface area contributed by atoms with Gasteiger partial charge in [-0.15, -0.1) is 0 Å². The lowest BCUT2D eigenvalue weighted by Crippen LogP contribution is -2.38. The van der Waals surface area contributed by atoms with E-state index in [-0.39, 0.29) is 6.61 Å². The fraction of sp³-hybridized carbons (Fsp3) is 0.429. The van der Waals surface area contributed by atoms with Gasteiger partial charge in [-0.1, -0.05) is 12.1 Å². The van der Waals surface area contributed by atoms with E-state index in [0.717, 1.165) is 7.11 Å². The van der Waals surface area contributed by atoms with E-state index in [1.165, 1.54) is 31.4 Å². The van der Waals surface area contributed by atoms with Gasteiger partial charge in [-0.2, -0.15) is 13.2 Å². The monoisotopic (exact) mass is 399 g/mol. The number of nitrogens with one attached hydrogen (secondary N) is 1. The van der Waals surface area contributed by atoms with Gasteiger partial charge in [-0.3, -0.25) is 18.4 Å². The lowest BCUT2D eigenvalue weighted by molar-refractivity contribution is -0.173. The summed E-state index contributed by atoms with van der Waals surface area (Å²) in [5.74, 6) is -2.66. The van der Waals surface area contributed by atoms with Crippen LogP contribution in [0.5, 0.6) is 0 Å². The molecule has 0 aliphatic carbocycles. The van der Waals surface area contributed by atoms with Crippen LogP contribution >= 0.6 is 7.82 Å². The Balaban J connectivity index is 2.48. The summed E-state index contributed by atoms with van der Waals surface area (Å²) < 4.78 is 67.1. The van der Waals surface area contributed by atoms with Crippen molar-refractivity contribution in [1.29, 1.82) is 0 Å². The number of carbonyl (C=O) groups is 2. The molecule has 0 bridgehead atoms. The third-order valence-electron chi connectivity index (χ3n) is 2.88. The molecule has 0 fully saturated rings. The zero-order valence-corrected chi connectivity index (χ0v) is 14.8. The summed E-state index contributed by atoms with van der Waals surface area (Å²) in [6.07, 6.45) is -5.02. The van der Waals surface area contributed by atoms with E-state index in [9.17, 15) is 27.3 Å². The number of esters is 1. The van der Waals surface area contributed by atoms with Crippen LogP contribution in [0.15, 0.2) is 24.3 Å². The van der Waals surface area contributed by atoms with E-state index in [2.05, 4.69) is 9.26 Å². The molecule has 146 valence electrons. The summed E-state index contributed by atoms with van der Waals surface area (Å²) in [4.78, 5) is 21.9. The van der Waals surface area contributed by atoms with Gasteiger partial charge in [0.05, 0.1) is 25.9 Å². The van der Waals surface area contributed by atoms with Crippen LogP contribution in [-0.4, -0.2) is 45.4 Å². The highest BCUT2D eigenvalue weighted by Gasteiger charge is 2.38. The zero-order chi connectivity index (χ0) is 19.8. The van der Waals surface area contributed by atoms with Crippen molar-refractivity contribution in [3.63, 3.8) is 0 Å². The van der Waals surface area contributed by atoms with E-state index in [4.69, 9.17) is 9.05 Å². The molecule has 1 amide bonds. The Kier molecular flexibility index (Phi) is 8.22. The van der Waals surface area contributed by atoms with Crippen LogP contribution < -0.4 is 5.32 Å². The largest absolute Gasteiger partial charge is 0.474 e. The Morgan fingerprint density at radius 1 is 1.12 bits per heavy atom. The van der Waals surface area contributed by atoms with Crippen molar-refractivity contribution in [1.82, 2.24) is 5.32 Å². The van der Waals surface area contributed by atoms with Gasteiger partial charge in [0.2, 0.25) is 0 Å². The van der Waals surface area contributed by atoms with E-state index in [1.54, 1.807) is 5.32 Å². The second-order valence-electron chi connectivity index (χ2n) is 4.68. The molecule has 1 unspecified atom stereocenters. The quantitative estimate of drug-likeness (QED) is 0.387. The maximum Gasteiger partial charge on any atom is 0.474 e. The number of phosphoric ester groups is 1. The van der Waals surface area contributed by atoms with Gasteiger partial charge >= 0.3 is 25.9 Å². The predicted molar refractivity (Wildman–Crippen MR) is 82.2 cm³/mol. The molecular formula is C14H17F3NO7P. The van der Waals surface area contributed by atoms with Crippen LogP contribution in [0.25, 0.3) is 0 Å². The van der Waals surface area contributed by atoms with Crippen molar-refractivity contribution < 1.29 is 45.6 Å². The molecule has 0 aliphatic heterocycles. The van der Waals surface area contributed by atoms with Crippen molar-refractivity contribution in [2.75, 3.05) is 27.4 Å². The summed E-state index contributed by atoms with van der Waals surface area (Å²) in [5, 5.41) is 1.55. The molecule has 8 nitrogen and oxygen atoms in total. The molecule has 0 aliphatic rings. The number of carbonyl (C=O) groups excluding carboxylic acids is 2. The van der Waals surface area contributed by atoms with E-state index in [1.807, 2.05) is 0 Å². The maximum absolute atomic E-state index is 12.1. The van der Waals surface area contributed by atoms with Crippen molar-refractivity contribution in [3.8, 4) is 0 Å². The minimum absolute atomic E-state index is 0.207. The number of hydrogen-bond acceptors (Lipinski definition) is 7. The Morgan fingerprint density at radius 3 is 2.23 bits per heavy atom. The van der Waals surface area contributed by atoms with E-state index < -0.39 is 39.0 Å².